The van der Waals surface area contributed by atoms with Gasteiger partial charge in [0.15, 0.2) is 0 Å². The highest BCUT2D eigenvalue weighted by atomic mass is 16.5. The molecule has 0 heterocycles. The summed E-state index contributed by atoms with van der Waals surface area (Å²) < 4.78 is 4.55. The second-order valence-corrected chi connectivity index (χ2v) is 3.05. The van der Waals surface area contributed by atoms with E-state index in [9.17, 15) is 4.79 Å². The molecule has 0 bridgehead atoms. The zero-order chi connectivity index (χ0) is 9.40. The average Bonchev–Trinajstić information content (AvgIpc) is 2.40. The van der Waals surface area contributed by atoms with Crippen LogP contribution in [0.1, 0.15) is 32.6 Å². The third-order valence-corrected chi connectivity index (χ3v) is 1.57. The normalized spacial score (nSPS) is 18.4. The van der Waals surface area contributed by atoms with Gasteiger partial charge in [0.05, 0.1) is 12.7 Å². The number of carbonyl (C=O) groups is 1. The maximum atomic E-state index is 10.2. The minimum Gasteiger partial charge on any atom is -0.391 e. The van der Waals surface area contributed by atoms with Crippen molar-refractivity contribution < 1.29 is 14.6 Å². The highest BCUT2D eigenvalue weighted by molar-refractivity contribution is 5.79. The molecule has 1 aliphatic rings. The Balaban J connectivity index is 0.000000202. The van der Waals surface area contributed by atoms with Crippen LogP contribution in [0.25, 0.3) is 0 Å². The topological polar surface area (TPSA) is 46.5 Å². The molecule has 72 valence electrons. The van der Waals surface area contributed by atoms with Crippen molar-refractivity contribution in [1.82, 2.24) is 0 Å². The van der Waals surface area contributed by atoms with Crippen molar-refractivity contribution in [3.8, 4) is 0 Å². The summed E-state index contributed by atoms with van der Waals surface area (Å²) >= 11 is 0. The van der Waals surface area contributed by atoms with Gasteiger partial charge in [0, 0.05) is 20.0 Å². The van der Waals surface area contributed by atoms with Gasteiger partial charge in [-0.25, -0.2) is 0 Å². The molecule has 1 aliphatic carbocycles. The Labute approximate surface area is 73.7 Å². The second-order valence-electron chi connectivity index (χ2n) is 3.05. The number of aliphatic hydroxyl groups is 1. The van der Waals surface area contributed by atoms with E-state index < -0.39 is 0 Å². The summed E-state index contributed by atoms with van der Waals surface area (Å²) in [7, 11) is 1.56. The number of ketones is 1. The molecule has 12 heavy (non-hydrogen) atoms. The lowest BCUT2D eigenvalue weighted by Gasteiger charge is -1.97. The lowest BCUT2D eigenvalue weighted by Crippen LogP contribution is -2.07. The van der Waals surface area contributed by atoms with Crippen molar-refractivity contribution in [3.63, 3.8) is 0 Å². The van der Waals surface area contributed by atoms with E-state index in [2.05, 4.69) is 4.74 Å². The SMILES string of the molecule is COCC(C)O.O=C1CCCC1. The first-order valence-corrected chi connectivity index (χ1v) is 4.35. The fourth-order valence-electron chi connectivity index (χ4n) is 1.01. The zero-order valence-electron chi connectivity index (χ0n) is 7.88. The summed E-state index contributed by atoms with van der Waals surface area (Å²) in [6, 6.07) is 0. The van der Waals surface area contributed by atoms with Crippen LogP contribution in [0.4, 0.5) is 0 Å². The van der Waals surface area contributed by atoms with E-state index in [0.717, 1.165) is 25.7 Å². The van der Waals surface area contributed by atoms with Crippen LogP contribution in [0.5, 0.6) is 0 Å². The Hall–Kier alpha value is -0.410. The fraction of sp³-hybridized carbons (Fsp3) is 0.889. The second kappa shape index (κ2) is 7.25. The summed E-state index contributed by atoms with van der Waals surface area (Å²) in [5, 5.41) is 8.43. The Morgan fingerprint density at radius 1 is 1.50 bits per heavy atom. The molecule has 1 atom stereocenters. The lowest BCUT2D eigenvalue weighted by molar-refractivity contribution is -0.117. The number of Topliss-reactive ketones (excluding diaryl/α,β-unsaturated/α-hetero) is 1. The quantitative estimate of drug-likeness (QED) is 0.683. The monoisotopic (exact) mass is 174 g/mol. The van der Waals surface area contributed by atoms with Gasteiger partial charge in [-0.3, -0.25) is 4.79 Å². The van der Waals surface area contributed by atoms with Crippen LogP contribution in [0.15, 0.2) is 0 Å². The third-order valence-electron chi connectivity index (χ3n) is 1.57. The first-order chi connectivity index (χ1) is 5.66. The van der Waals surface area contributed by atoms with Crippen LogP contribution in [0.3, 0.4) is 0 Å². The fourth-order valence-corrected chi connectivity index (χ4v) is 1.01. The van der Waals surface area contributed by atoms with Crippen molar-refractivity contribution in [2.75, 3.05) is 13.7 Å². The van der Waals surface area contributed by atoms with Gasteiger partial charge in [0.2, 0.25) is 0 Å². The van der Waals surface area contributed by atoms with Gasteiger partial charge in [-0.05, 0) is 19.8 Å². The van der Waals surface area contributed by atoms with Gasteiger partial charge in [0.1, 0.15) is 5.78 Å². The molecule has 1 N–H and O–H groups in total. The number of rotatable bonds is 2. The van der Waals surface area contributed by atoms with Gasteiger partial charge in [-0.1, -0.05) is 0 Å². The van der Waals surface area contributed by atoms with Gasteiger partial charge < -0.3 is 9.84 Å². The predicted molar refractivity (Wildman–Crippen MR) is 47.0 cm³/mol. The molecule has 0 radical (unpaired) electrons. The maximum Gasteiger partial charge on any atom is 0.132 e. The van der Waals surface area contributed by atoms with E-state index in [0.29, 0.717) is 12.4 Å². The number of carbonyl (C=O) groups excluding carboxylic acids is 1. The van der Waals surface area contributed by atoms with Gasteiger partial charge in [-0.2, -0.15) is 0 Å². The molecule has 1 rings (SSSR count). The number of ether oxygens (including phenoxy) is 1. The van der Waals surface area contributed by atoms with E-state index in [-0.39, 0.29) is 6.10 Å². The predicted octanol–water partition coefficient (Wildman–Crippen LogP) is 1.14. The molecule has 0 aromatic rings. The molecule has 0 aromatic carbocycles. The molecular weight excluding hydrogens is 156 g/mol. The standard InChI is InChI=1S/C5H8O.C4H10O2/c6-5-3-1-2-4-5;1-4(5)3-6-2/h1-4H2;4-5H,3H2,1-2H3. The Morgan fingerprint density at radius 3 is 2.08 bits per heavy atom. The summed E-state index contributed by atoms with van der Waals surface area (Å²) in [4.78, 5) is 10.2. The van der Waals surface area contributed by atoms with Gasteiger partial charge in [0.25, 0.3) is 0 Å². The van der Waals surface area contributed by atoms with Crippen molar-refractivity contribution >= 4 is 5.78 Å². The molecule has 3 nitrogen and oxygen atoms in total. The minimum atomic E-state index is -0.324. The van der Waals surface area contributed by atoms with Crippen LogP contribution in [-0.4, -0.2) is 30.7 Å². The number of methoxy groups -OCH3 is 1. The van der Waals surface area contributed by atoms with E-state index in [1.54, 1.807) is 14.0 Å². The molecular formula is C9H18O3. The molecule has 0 amide bonds. The molecule has 0 spiro atoms. The lowest BCUT2D eigenvalue weighted by atomic mass is 10.4. The molecule has 3 heteroatoms. The van der Waals surface area contributed by atoms with Crippen LogP contribution in [-0.2, 0) is 9.53 Å². The first-order valence-electron chi connectivity index (χ1n) is 4.35. The van der Waals surface area contributed by atoms with Crippen molar-refractivity contribution in [2.24, 2.45) is 0 Å². The Kier molecular flexibility index (Phi) is 7.00. The molecule has 0 saturated heterocycles. The van der Waals surface area contributed by atoms with E-state index in [1.807, 2.05) is 0 Å². The smallest absolute Gasteiger partial charge is 0.132 e. The molecule has 0 aliphatic heterocycles. The molecule has 1 saturated carbocycles. The van der Waals surface area contributed by atoms with E-state index in [1.165, 1.54) is 0 Å². The Morgan fingerprint density at radius 2 is 2.00 bits per heavy atom. The third kappa shape index (κ3) is 7.69. The number of hydrogen-bond donors (Lipinski definition) is 1. The maximum absolute atomic E-state index is 10.2. The van der Waals surface area contributed by atoms with Crippen LogP contribution in [0, 0.1) is 0 Å². The van der Waals surface area contributed by atoms with Crippen molar-refractivity contribution in [2.45, 2.75) is 38.7 Å². The highest BCUT2D eigenvalue weighted by Crippen LogP contribution is 2.11. The van der Waals surface area contributed by atoms with E-state index in [4.69, 9.17) is 5.11 Å². The molecule has 0 aromatic heterocycles. The summed E-state index contributed by atoms with van der Waals surface area (Å²) in [6.45, 7) is 2.11. The molecule has 1 unspecified atom stereocenters. The summed E-state index contributed by atoms with van der Waals surface area (Å²) in [6.07, 6.45) is 3.65. The number of aliphatic hydroxyl groups excluding tert-OH is 1. The Bertz CT molecular complexity index is 113. The van der Waals surface area contributed by atoms with Crippen molar-refractivity contribution in [3.05, 3.63) is 0 Å². The largest absolute Gasteiger partial charge is 0.391 e. The summed E-state index contributed by atoms with van der Waals surface area (Å²) in [5.41, 5.74) is 0. The summed E-state index contributed by atoms with van der Waals surface area (Å²) in [5.74, 6) is 0.454. The highest BCUT2D eigenvalue weighted by Gasteiger charge is 2.07. The minimum absolute atomic E-state index is 0.324. The van der Waals surface area contributed by atoms with Crippen molar-refractivity contribution in [1.29, 1.82) is 0 Å². The average molecular weight is 174 g/mol. The van der Waals surface area contributed by atoms with Gasteiger partial charge in [-0.15, -0.1) is 0 Å². The molecule has 1 fully saturated rings. The van der Waals surface area contributed by atoms with Crippen LogP contribution in [0.2, 0.25) is 0 Å². The van der Waals surface area contributed by atoms with Crippen LogP contribution < -0.4 is 0 Å². The van der Waals surface area contributed by atoms with Gasteiger partial charge >= 0.3 is 0 Å². The number of hydrogen-bond acceptors (Lipinski definition) is 3. The first kappa shape index (κ1) is 11.6. The van der Waals surface area contributed by atoms with E-state index >= 15 is 0 Å². The van der Waals surface area contributed by atoms with Crippen LogP contribution >= 0.6 is 0 Å². The zero-order valence-corrected chi connectivity index (χ0v) is 7.88.